The number of benzene rings is 1. The van der Waals surface area contributed by atoms with Crippen molar-refractivity contribution in [1.29, 1.82) is 5.26 Å². The Morgan fingerprint density at radius 1 is 1.35 bits per heavy atom. The number of fused-ring (bicyclic) bond motifs is 2. The molecular formula is C25H19N3O4S2. The molecule has 170 valence electrons. The van der Waals surface area contributed by atoms with Gasteiger partial charge in [0.05, 0.1) is 23.4 Å². The van der Waals surface area contributed by atoms with Gasteiger partial charge in [0.25, 0.3) is 0 Å². The molecule has 1 aromatic carbocycles. The second kappa shape index (κ2) is 9.25. The number of esters is 1. The van der Waals surface area contributed by atoms with Crippen LogP contribution in [0.5, 0.6) is 0 Å². The maximum absolute atomic E-state index is 12.6. The number of nitriles is 1. The van der Waals surface area contributed by atoms with Crippen molar-refractivity contribution in [2.75, 3.05) is 11.9 Å². The smallest absolute Gasteiger partial charge is 0.345 e. The van der Waals surface area contributed by atoms with Gasteiger partial charge in [-0.15, -0.1) is 22.7 Å². The van der Waals surface area contributed by atoms with Gasteiger partial charge in [-0.2, -0.15) is 5.26 Å². The number of rotatable bonds is 6. The first kappa shape index (κ1) is 22.1. The van der Waals surface area contributed by atoms with Gasteiger partial charge in [0, 0.05) is 21.8 Å². The molecule has 3 aromatic heterocycles. The van der Waals surface area contributed by atoms with E-state index in [1.165, 1.54) is 27.6 Å². The van der Waals surface area contributed by atoms with Crippen molar-refractivity contribution in [2.45, 2.75) is 26.2 Å². The summed E-state index contributed by atoms with van der Waals surface area (Å²) in [7, 11) is 0. The Bertz CT molecular complexity index is 1540. The summed E-state index contributed by atoms with van der Waals surface area (Å²) in [4.78, 5) is 30.7. The van der Waals surface area contributed by atoms with Gasteiger partial charge >= 0.3 is 11.6 Å². The van der Waals surface area contributed by atoms with Crippen LogP contribution in [0.1, 0.15) is 39.2 Å². The molecule has 0 unspecified atom stereocenters. The number of hydrogen-bond acceptors (Lipinski definition) is 9. The quantitative estimate of drug-likeness (QED) is 0.213. The normalized spacial score (nSPS) is 13.0. The van der Waals surface area contributed by atoms with Crippen LogP contribution in [-0.2, 0) is 17.6 Å². The standard InChI is InChI=1S/C25H19N3O4S2/c1-2-31-25(30)21-16-7-5-9-20(16)34-23(21)27-12-15(11-26)22-28-18(13-33-22)17-10-14-6-3-4-8-19(14)32-24(17)29/h3-4,6,8,10,12-13,27H,2,5,7,9H2,1H3. The second-order valence-corrected chi connectivity index (χ2v) is 9.58. The molecule has 0 aliphatic heterocycles. The number of ether oxygens (including phenoxy) is 1. The summed E-state index contributed by atoms with van der Waals surface area (Å²) in [6.07, 6.45) is 4.36. The van der Waals surface area contributed by atoms with Crippen molar-refractivity contribution < 1.29 is 13.9 Å². The number of nitrogens with zero attached hydrogens (tertiary/aromatic N) is 2. The van der Waals surface area contributed by atoms with Gasteiger partial charge in [0.15, 0.2) is 0 Å². The topological polar surface area (TPSA) is 105 Å². The Morgan fingerprint density at radius 2 is 2.21 bits per heavy atom. The summed E-state index contributed by atoms with van der Waals surface area (Å²) in [6.45, 7) is 2.08. The van der Waals surface area contributed by atoms with E-state index >= 15 is 0 Å². The molecule has 1 aliphatic rings. The lowest BCUT2D eigenvalue weighted by atomic mass is 10.1. The van der Waals surface area contributed by atoms with E-state index in [2.05, 4.69) is 16.4 Å². The summed E-state index contributed by atoms with van der Waals surface area (Å²) < 4.78 is 10.7. The highest BCUT2D eigenvalue weighted by molar-refractivity contribution is 7.16. The Kier molecular flexibility index (Phi) is 6.01. The van der Waals surface area contributed by atoms with Gasteiger partial charge in [-0.3, -0.25) is 0 Å². The Balaban J connectivity index is 1.45. The number of nitrogens with one attached hydrogen (secondary N) is 1. The first-order valence-corrected chi connectivity index (χ1v) is 12.5. The van der Waals surface area contributed by atoms with E-state index in [1.54, 1.807) is 36.7 Å². The maximum Gasteiger partial charge on any atom is 0.345 e. The first-order valence-electron chi connectivity index (χ1n) is 10.8. The molecule has 1 N–H and O–H groups in total. The zero-order chi connectivity index (χ0) is 23.7. The van der Waals surface area contributed by atoms with Crippen LogP contribution in [0.4, 0.5) is 5.00 Å². The largest absolute Gasteiger partial charge is 0.462 e. The van der Waals surface area contributed by atoms with E-state index in [9.17, 15) is 14.9 Å². The number of carbonyl (C=O) groups excluding carboxylic acids is 1. The van der Waals surface area contributed by atoms with E-state index in [-0.39, 0.29) is 5.97 Å². The SMILES string of the molecule is CCOC(=O)c1c(NC=C(C#N)c2nc(-c3cc4ccccc4oc3=O)cs2)sc2c1CCC2. The summed E-state index contributed by atoms with van der Waals surface area (Å²) in [5, 5.41) is 16.5. The average molecular weight is 490 g/mol. The highest BCUT2D eigenvalue weighted by Gasteiger charge is 2.27. The Hall–Kier alpha value is -3.74. The van der Waals surface area contributed by atoms with E-state index in [1.807, 2.05) is 12.1 Å². The van der Waals surface area contributed by atoms with Gasteiger partial charge in [-0.25, -0.2) is 14.6 Å². The minimum Gasteiger partial charge on any atom is -0.462 e. The van der Waals surface area contributed by atoms with E-state index in [0.717, 1.165) is 30.2 Å². The Labute approximate surface area is 203 Å². The summed E-state index contributed by atoms with van der Waals surface area (Å²) in [6, 6.07) is 11.2. The van der Waals surface area contributed by atoms with Crippen molar-refractivity contribution in [2.24, 2.45) is 0 Å². The van der Waals surface area contributed by atoms with Crippen molar-refractivity contribution in [1.82, 2.24) is 4.98 Å². The molecular weight excluding hydrogens is 470 g/mol. The van der Waals surface area contributed by atoms with Gasteiger partial charge in [-0.1, -0.05) is 18.2 Å². The van der Waals surface area contributed by atoms with E-state index < -0.39 is 5.63 Å². The predicted octanol–water partition coefficient (Wildman–Crippen LogP) is 5.62. The highest BCUT2D eigenvalue weighted by Crippen LogP contribution is 2.40. The second-order valence-electron chi connectivity index (χ2n) is 7.62. The third kappa shape index (κ3) is 4.02. The van der Waals surface area contributed by atoms with Crippen LogP contribution in [0.3, 0.4) is 0 Å². The van der Waals surface area contributed by atoms with Crippen molar-refractivity contribution in [3.8, 4) is 17.3 Å². The number of hydrogen-bond donors (Lipinski definition) is 1. The predicted molar refractivity (Wildman–Crippen MR) is 133 cm³/mol. The molecule has 1 aliphatic carbocycles. The van der Waals surface area contributed by atoms with E-state index in [0.29, 0.717) is 44.6 Å². The van der Waals surface area contributed by atoms with Crippen LogP contribution in [0, 0.1) is 11.3 Å². The van der Waals surface area contributed by atoms with Crippen LogP contribution < -0.4 is 10.9 Å². The Morgan fingerprint density at radius 3 is 3.03 bits per heavy atom. The lowest BCUT2D eigenvalue weighted by Crippen LogP contribution is -2.08. The summed E-state index contributed by atoms with van der Waals surface area (Å²) in [5.41, 5.74) is 2.70. The van der Waals surface area contributed by atoms with Crippen LogP contribution in [0.15, 0.2) is 51.1 Å². The molecule has 0 bridgehead atoms. The molecule has 4 aromatic rings. The van der Waals surface area contributed by atoms with Gasteiger partial charge in [-0.05, 0) is 43.9 Å². The lowest BCUT2D eigenvalue weighted by Gasteiger charge is -2.06. The molecule has 0 atom stereocenters. The molecule has 5 rings (SSSR count). The fourth-order valence-electron chi connectivity index (χ4n) is 3.97. The van der Waals surface area contributed by atoms with Crippen molar-refractivity contribution in [3.05, 3.63) is 73.3 Å². The number of aryl methyl sites for hydroxylation is 1. The molecule has 0 radical (unpaired) electrons. The highest BCUT2D eigenvalue weighted by atomic mass is 32.1. The molecule has 0 saturated carbocycles. The fraction of sp³-hybridized carbons (Fsp3) is 0.200. The zero-order valence-corrected chi connectivity index (χ0v) is 19.8. The van der Waals surface area contributed by atoms with Gasteiger partial charge in [0.2, 0.25) is 0 Å². The number of anilines is 1. The molecule has 3 heterocycles. The van der Waals surface area contributed by atoms with Crippen LogP contribution in [-0.4, -0.2) is 17.6 Å². The molecule has 0 saturated heterocycles. The molecule has 0 spiro atoms. The monoisotopic (exact) mass is 489 g/mol. The number of thiophene rings is 1. The van der Waals surface area contributed by atoms with Crippen molar-refractivity contribution in [3.63, 3.8) is 0 Å². The molecule has 0 fully saturated rings. The number of para-hydroxylation sites is 1. The molecule has 7 nitrogen and oxygen atoms in total. The zero-order valence-electron chi connectivity index (χ0n) is 18.2. The molecule has 34 heavy (non-hydrogen) atoms. The van der Waals surface area contributed by atoms with Crippen LogP contribution >= 0.6 is 22.7 Å². The third-order valence-electron chi connectivity index (χ3n) is 5.52. The van der Waals surface area contributed by atoms with Crippen LogP contribution in [0.2, 0.25) is 0 Å². The molecule has 0 amide bonds. The van der Waals surface area contributed by atoms with Crippen molar-refractivity contribution >= 4 is 50.2 Å². The van der Waals surface area contributed by atoms with Gasteiger partial charge < -0.3 is 14.5 Å². The van der Waals surface area contributed by atoms with Gasteiger partial charge in [0.1, 0.15) is 27.2 Å². The maximum atomic E-state index is 12.6. The average Bonchev–Trinajstić information content (AvgIpc) is 3.56. The minimum atomic E-state index is -0.483. The summed E-state index contributed by atoms with van der Waals surface area (Å²) in [5.74, 6) is -0.351. The number of aromatic nitrogens is 1. The number of carbonyl (C=O) groups is 1. The third-order valence-corrected chi connectivity index (χ3v) is 7.62. The molecule has 9 heteroatoms. The number of allylic oxidation sites excluding steroid dienone is 1. The number of thiazole rings is 1. The fourth-order valence-corrected chi connectivity index (χ4v) is 6.00. The first-order chi connectivity index (χ1) is 16.6. The summed E-state index contributed by atoms with van der Waals surface area (Å²) >= 11 is 2.78. The van der Waals surface area contributed by atoms with E-state index in [4.69, 9.17) is 9.15 Å². The lowest BCUT2D eigenvalue weighted by molar-refractivity contribution is 0.0527. The minimum absolute atomic E-state index is 0.296. The van der Waals surface area contributed by atoms with Crippen LogP contribution in [0.25, 0.3) is 27.8 Å².